The minimum atomic E-state index is -4.13. The van der Waals surface area contributed by atoms with E-state index >= 15 is 0 Å². The highest BCUT2D eigenvalue weighted by molar-refractivity contribution is 7.89. The molecule has 0 saturated heterocycles. The number of sulfonamides is 1. The van der Waals surface area contributed by atoms with Gasteiger partial charge in [-0.15, -0.1) is 0 Å². The first-order valence-corrected chi connectivity index (χ1v) is 10.5. The molecule has 11 nitrogen and oxygen atoms in total. The summed E-state index contributed by atoms with van der Waals surface area (Å²) in [5, 5.41) is 23.2. The molecule has 2 aromatic carbocycles. The maximum absolute atomic E-state index is 12.4. The summed E-state index contributed by atoms with van der Waals surface area (Å²) in [4.78, 5) is 22.4. The Balaban J connectivity index is 1.76. The number of primary sulfonamides is 1. The number of carbonyl (C=O) groups excluding carboxylic acids is 1. The van der Waals surface area contributed by atoms with Gasteiger partial charge in [0.15, 0.2) is 12.4 Å². The number of hydrogen-bond donors (Lipinski definition) is 2. The molecule has 0 aliphatic carbocycles. The Bertz CT molecular complexity index is 1250. The van der Waals surface area contributed by atoms with Crippen molar-refractivity contribution in [3.63, 3.8) is 0 Å². The number of carbonyl (C=O) groups is 1. The summed E-state index contributed by atoms with van der Waals surface area (Å²) < 4.78 is 29.6. The Labute approximate surface area is 177 Å². The Morgan fingerprint density at radius 2 is 1.87 bits per heavy atom. The largest absolute Gasteiger partial charge is 0.477 e. The molecule has 0 aliphatic rings. The second-order valence-corrected chi connectivity index (χ2v) is 8.25. The van der Waals surface area contributed by atoms with Crippen molar-refractivity contribution < 1.29 is 22.9 Å². The summed E-state index contributed by atoms with van der Waals surface area (Å²) in [5.74, 6) is -0.456. The van der Waals surface area contributed by atoms with Crippen LogP contribution in [0.15, 0.2) is 53.4 Å². The van der Waals surface area contributed by atoms with E-state index < -0.39 is 38.0 Å². The van der Waals surface area contributed by atoms with Gasteiger partial charge >= 0.3 is 5.69 Å². The van der Waals surface area contributed by atoms with Gasteiger partial charge in [0.1, 0.15) is 5.82 Å². The normalized spacial score (nSPS) is 11.2. The molecule has 1 heterocycles. The number of aromatic nitrogens is 2. The third kappa shape index (κ3) is 5.24. The van der Waals surface area contributed by atoms with Crippen molar-refractivity contribution >= 4 is 27.4 Å². The molecule has 0 spiro atoms. The lowest BCUT2D eigenvalue weighted by atomic mass is 10.2. The van der Waals surface area contributed by atoms with Crippen LogP contribution in [-0.4, -0.2) is 35.6 Å². The van der Waals surface area contributed by atoms with E-state index in [-0.39, 0.29) is 5.75 Å². The zero-order chi connectivity index (χ0) is 22.8. The van der Waals surface area contributed by atoms with E-state index in [1.807, 2.05) is 31.2 Å². The number of nitro benzene ring substituents is 1. The zero-order valence-corrected chi connectivity index (χ0v) is 17.4. The third-order valence-corrected chi connectivity index (χ3v) is 5.10. The molecule has 0 atom stereocenters. The fraction of sp³-hybridized carbons (Fsp3) is 0.158. The minimum absolute atomic E-state index is 0.268. The monoisotopic (exact) mass is 445 g/mol. The van der Waals surface area contributed by atoms with Gasteiger partial charge in [-0.2, -0.15) is 5.10 Å². The van der Waals surface area contributed by atoms with Gasteiger partial charge in [-0.1, -0.05) is 17.7 Å². The van der Waals surface area contributed by atoms with Crippen LogP contribution in [0.3, 0.4) is 0 Å². The van der Waals surface area contributed by atoms with E-state index in [0.29, 0.717) is 11.5 Å². The molecular formula is C19H19N5O6S. The molecule has 0 radical (unpaired) electrons. The number of nitrogens with zero attached hydrogens (tertiary/aromatic N) is 3. The summed E-state index contributed by atoms with van der Waals surface area (Å²) in [7, 11) is -4.13. The summed E-state index contributed by atoms with van der Waals surface area (Å²) in [5.41, 5.74) is 1.86. The molecule has 12 heteroatoms. The van der Waals surface area contributed by atoms with Crippen LogP contribution < -0.4 is 15.2 Å². The highest BCUT2D eigenvalue weighted by Gasteiger charge is 2.21. The van der Waals surface area contributed by atoms with Crippen molar-refractivity contribution in [3.05, 3.63) is 69.9 Å². The predicted octanol–water partition coefficient (Wildman–Crippen LogP) is 2.06. The van der Waals surface area contributed by atoms with Crippen LogP contribution in [0.25, 0.3) is 5.69 Å². The standard InChI is InChI=1S/C19H19N5O6S/c1-12-3-5-14(6-4-12)23-18(9-13(2)22-23)21-19(25)11-30-17-8-7-15(31(20,28)29)10-16(17)24(26)27/h3-10H,11H2,1-2H3,(H,21,25)(H2,20,28,29). The van der Waals surface area contributed by atoms with Crippen molar-refractivity contribution in [2.45, 2.75) is 18.7 Å². The van der Waals surface area contributed by atoms with Crippen molar-refractivity contribution in [1.29, 1.82) is 0 Å². The average molecular weight is 445 g/mol. The number of ether oxygens (including phenoxy) is 1. The molecule has 1 aromatic heterocycles. The zero-order valence-electron chi connectivity index (χ0n) is 16.6. The molecule has 0 unspecified atom stereocenters. The number of benzene rings is 2. The number of rotatable bonds is 7. The minimum Gasteiger partial charge on any atom is -0.477 e. The maximum atomic E-state index is 12.4. The van der Waals surface area contributed by atoms with Crippen LogP contribution >= 0.6 is 0 Å². The molecule has 162 valence electrons. The number of aryl methyl sites for hydroxylation is 2. The SMILES string of the molecule is Cc1ccc(-n2nc(C)cc2NC(=O)COc2ccc(S(N)(=O)=O)cc2[N+](=O)[O-])cc1. The van der Waals surface area contributed by atoms with Gasteiger partial charge in [-0.05, 0) is 38.1 Å². The van der Waals surface area contributed by atoms with Crippen LogP contribution in [0.2, 0.25) is 0 Å². The summed E-state index contributed by atoms with van der Waals surface area (Å²) >= 11 is 0. The lowest BCUT2D eigenvalue weighted by molar-refractivity contribution is -0.386. The van der Waals surface area contributed by atoms with E-state index in [2.05, 4.69) is 10.4 Å². The van der Waals surface area contributed by atoms with Gasteiger partial charge in [0.2, 0.25) is 10.0 Å². The smallest absolute Gasteiger partial charge is 0.312 e. The molecule has 3 rings (SSSR count). The van der Waals surface area contributed by atoms with Gasteiger partial charge in [0.25, 0.3) is 5.91 Å². The maximum Gasteiger partial charge on any atom is 0.312 e. The lowest BCUT2D eigenvalue weighted by Gasteiger charge is -2.10. The van der Waals surface area contributed by atoms with E-state index in [9.17, 15) is 23.3 Å². The first-order valence-electron chi connectivity index (χ1n) is 8.92. The fourth-order valence-electron chi connectivity index (χ4n) is 2.73. The van der Waals surface area contributed by atoms with Gasteiger partial charge in [0.05, 0.1) is 21.2 Å². The first-order chi connectivity index (χ1) is 14.5. The van der Waals surface area contributed by atoms with Crippen molar-refractivity contribution in [3.8, 4) is 11.4 Å². The third-order valence-electron chi connectivity index (χ3n) is 4.19. The van der Waals surface area contributed by atoms with Crippen LogP contribution in [0.5, 0.6) is 5.75 Å². The Kier molecular flexibility index (Phi) is 6.04. The van der Waals surface area contributed by atoms with Crippen LogP contribution in [0.4, 0.5) is 11.5 Å². The lowest BCUT2D eigenvalue weighted by Crippen LogP contribution is -2.22. The molecule has 0 aliphatic heterocycles. The van der Waals surface area contributed by atoms with Gasteiger partial charge in [0, 0.05) is 12.1 Å². The topological polar surface area (TPSA) is 159 Å². The Morgan fingerprint density at radius 3 is 2.48 bits per heavy atom. The highest BCUT2D eigenvalue weighted by Crippen LogP contribution is 2.29. The molecule has 0 saturated carbocycles. The number of hydrogen-bond acceptors (Lipinski definition) is 7. The van der Waals surface area contributed by atoms with Crippen molar-refractivity contribution in [2.75, 3.05) is 11.9 Å². The quantitative estimate of drug-likeness (QED) is 0.416. The fourth-order valence-corrected chi connectivity index (χ4v) is 3.27. The van der Waals surface area contributed by atoms with Crippen molar-refractivity contribution in [1.82, 2.24) is 9.78 Å². The Morgan fingerprint density at radius 1 is 1.19 bits per heavy atom. The molecular weight excluding hydrogens is 426 g/mol. The molecule has 1 amide bonds. The van der Waals surface area contributed by atoms with E-state index in [4.69, 9.17) is 9.88 Å². The average Bonchev–Trinajstić information content (AvgIpc) is 3.06. The van der Waals surface area contributed by atoms with E-state index in [1.54, 1.807) is 17.7 Å². The number of nitrogens with one attached hydrogen (secondary N) is 1. The number of anilines is 1. The van der Waals surface area contributed by atoms with Gasteiger partial charge in [-0.25, -0.2) is 18.2 Å². The number of amides is 1. The van der Waals surface area contributed by atoms with Crippen LogP contribution in [0, 0.1) is 24.0 Å². The number of nitro groups is 1. The summed E-state index contributed by atoms with van der Waals surface area (Å²) in [6.45, 7) is 3.17. The van der Waals surface area contributed by atoms with Crippen LogP contribution in [-0.2, 0) is 14.8 Å². The second kappa shape index (κ2) is 8.53. The van der Waals surface area contributed by atoms with Gasteiger partial charge < -0.3 is 10.1 Å². The Hall–Kier alpha value is -3.77. The van der Waals surface area contributed by atoms with Gasteiger partial charge in [-0.3, -0.25) is 14.9 Å². The van der Waals surface area contributed by atoms with Crippen LogP contribution in [0.1, 0.15) is 11.3 Å². The summed E-state index contributed by atoms with van der Waals surface area (Å²) in [6, 6.07) is 12.1. The molecule has 31 heavy (non-hydrogen) atoms. The molecule has 3 aromatic rings. The molecule has 0 fully saturated rings. The molecule has 3 N–H and O–H groups in total. The number of nitrogens with two attached hydrogens (primary N) is 1. The second-order valence-electron chi connectivity index (χ2n) is 6.69. The van der Waals surface area contributed by atoms with E-state index in [1.165, 1.54) is 0 Å². The summed E-state index contributed by atoms with van der Waals surface area (Å²) in [6.07, 6.45) is 0. The highest BCUT2D eigenvalue weighted by atomic mass is 32.2. The van der Waals surface area contributed by atoms with Crippen molar-refractivity contribution in [2.24, 2.45) is 5.14 Å². The molecule has 0 bridgehead atoms. The predicted molar refractivity (Wildman–Crippen MR) is 112 cm³/mol. The van der Waals surface area contributed by atoms with E-state index in [0.717, 1.165) is 29.4 Å². The first kappa shape index (κ1) is 21.9.